The number of benzene rings is 4. The van der Waals surface area contributed by atoms with E-state index in [1.54, 1.807) is 0 Å². The molecule has 285 valence electrons. The summed E-state index contributed by atoms with van der Waals surface area (Å²) in [6, 6.07) is 42.5. The fourth-order valence-electron chi connectivity index (χ4n) is 8.18. The van der Waals surface area contributed by atoms with Crippen LogP contribution in [0.4, 0.5) is 0 Å². The zero-order chi connectivity index (χ0) is 38.1. The fourth-order valence-corrected chi connectivity index (χ4v) is 9.76. The van der Waals surface area contributed by atoms with Gasteiger partial charge >= 0.3 is 0 Å². The van der Waals surface area contributed by atoms with Crippen LogP contribution < -0.4 is 5.19 Å². The van der Waals surface area contributed by atoms with E-state index in [2.05, 4.69) is 145 Å². The van der Waals surface area contributed by atoms with E-state index in [1.165, 1.54) is 47.6 Å². The third-order valence-corrected chi connectivity index (χ3v) is 13.2. The van der Waals surface area contributed by atoms with Crippen molar-refractivity contribution in [2.75, 3.05) is 0 Å². The molecule has 3 nitrogen and oxygen atoms in total. The summed E-state index contributed by atoms with van der Waals surface area (Å²) in [6.45, 7) is 18.9. The van der Waals surface area contributed by atoms with Crippen LogP contribution >= 0.6 is 0 Å². The van der Waals surface area contributed by atoms with E-state index in [9.17, 15) is 0 Å². The van der Waals surface area contributed by atoms with Gasteiger partial charge in [-0.15, -0.1) is 54.1 Å². The van der Waals surface area contributed by atoms with Crippen molar-refractivity contribution in [3.63, 3.8) is 0 Å². The number of rotatable bonds is 7. The molecule has 1 fully saturated rings. The summed E-state index contributed by atoms with van der Waals surface area (Å²) in [7, 11) is -1.37. The molecule has 0 spiro atoms. The van der Waals surface area contributed by atoms with E-state index in [0.29, 0.717) is 0 Å². The molecule has 1 aliphatic carbocycles. The molecule has 0 N–H and O–H groups in total. The number of hydrogen-bond acceptors (Lipinski definition) is 3. The van der Waals surface area contributed by atoms with Crippen molar-refractivity contribution in [1.82, 2.24) is 9.97 Å². The number of fused-ring (bicyclic) bond motifs is 3. The van der Waals surface area contributed by atoms with E-state index in [1.807, 2.05) is 36.5 Å². The van der Waals surface area contributed by atoms with Crippen LogP contribution in [0.2, 0.25) is 19.6 Å². The molecule has 4 aromatic carbocycles. The van der Waals surface area contributed by atoms with Crippen molar-refractivity contribution >= 4 is 35.2 Å². The Bertz CT molecular complexity index is 2360. The Hall–Kier alpha value is -4.15. The molecular formula is C50H54IrN2OSi-2. The summed E-state index contributed by atoms with van der Waals surface area (Å²) in [6.07, 6.45) is 10.5. The number of hydrogen-bond donors (Lipinski definition) is 0. The van der Waals surface area contributed by atoms with Gasteiger partial charge in [-0.25, -0.2) is 0 Å². The maximum atomic E-state index is 6.45. The van der Waals surface area contributed by atoms with E-state index in [0.717, 1.165) is 62.4 Å². The molecule has 3 aromatic heterocycles. The first kappa shape index (κ1) is 40.5. The molecule has 1 aliphatic rings. The summed E-state index contributed by atoms with van der Waals surface area (Å²) in [5, 5.41) is 3.72. The summed E-state index contributed by atoms with van der Waals surface area (Å²) in [4.78, 5) is 9.45. The molecule has 0 aliphatic heterocycles. The predicted molar refractivity (Wildman–Crippen MR) is 231 cm³/mol. The second kappa shape index (κ2) is 16.5. The van der Waals surface area contributed by atoms with Gasteiger partial charge in [0, 0.05) is 37.9 Å². The topological polar surface area (TPSA) is 38.9 Å². The van der Waals surface area contributed by atoms with Gasteiger partial charge in [0.25, 0.3) is 0 Å². The van der Waals surface area contributed by atoms with E-state index >= 15 is 0 Å². The normalized spacial score (nSPS) is 13.7. The van der Waals surface area contributed by atoms with Gasteiger partial charge in [0.2, 0.25) is 0 Å². The van der Waals surface area contributed by atoms with Crippen molar-refractivity contribution in [1.29, 1.82) is 0 Å². The third-order valence-electron chi connectivity index (χ3n) is 11.2. The molecule has 8 rings (SSSR count). The van der Waals surface area contributed by atoms with Gasteiger partial charge in [0.1, 0.15) is 5.58 Å². The second-order valence-electron chi connectivity index (χ2n) is 17.9. The monoisotopic (exact) mass is 919 g/mol. The molecule has 0 unspecified atom stereocenters. The third kappa shape index (κ3) is 9.12. The van der Waals surface area contributed by atoms with Crippen LogP contribution in [0, 0.1) is 23.5 Å². The zero-order valence-corrected chi connectivity index (χ0v) is 37.1. The maximum absolute atomic E-state index is 6.45. The van der Waals surface area contributed by atoms with Crippen LogP contribution in [-0.2, 0) is 31.9 Å². The first-order valence-corrected chi connectivity index (χ1v) is 23.1. The molecule has 0 bridgehead atoms. The van der Waals surface area contributed by atoms with Crippen LogP contribution in [0.15, 0.2) is 120 Å². The van der Waals surface area contributed by atoms with E-state index < -0.39 is 8.07 Å². The van der Waals surface area contributed by atoms with Crippen molar-refractivity contribution in [3.8, 4) is 33.6 Å². The second-order valence-corrected chi connectivity index (χ2v) is 22.9. The van der Waals surface area contributed by atoms with Crippen LogP contribution in [0.25, 0.3) is 55.6 Å². The van der Waals surface area contributed by atoms with Gasteiger partial charge in [-0.2, -0.15) is 0 Å². The van der Waals surface area contributed by atoms with Crippen LogP contribution in [0.5, 0.6) is 0 Å². The first-order chi connectivity index (χ1) is 25.8. The quantitative estimate of drug-likeness (QED) is 0.118. The number of pyridine rings is 2. The van der Waals surface area contributed by atoms with Crippen molar-refractivity contribution in [3.05, 3.63) is 139 Å². The van der Waals surface area contributed by atoms with Crippen LogP contribution in [0.1, 0.15) is 71.4 Å². The van der Waals surface area contributed by atoms with Gasteiger partial charge < -0.3 is 14.4 Å². The van der Waals surface area contributed by atoms with E-state index in [-0.39, 0.29) is 30.9 Å². The Morgan fingerprint density at radius 1 is 0.727 bits per heavy atom. The molecule has 0 atom stereocenters. The molecular weight excluding hydrogens is 865 g/mol. The van der Waals surface area contributed by atoms with Crippen molar-refractivity contribution in [2.24, 2.45) is 11.3 Å². The first-order valence-electron chi connectivity index (χ1n) is 19.6. The minimum Gasteiger partial charge on any atom is -0.501 e. The zero-order valence-electron chi connectivity index (χ0n) is 33.7. The van der Waals surface area contributed by atoms with Crippen LogP contribution in [-0.4, -0.2) is 18.0 Å². The molecule has 0 amide bonds. The van der Waals surface area contributed by atoms with Gasteiger partial charge in [-0.1, -0.05) is 138 Å². The van der Waals surface area contributed by atoms with Crippen LogP contribution in [0.3, 0.4) is 0 Å². The van der Waals surface area contributed by atoms with E-state index in [4.69, 9.17) is 14.4 Å². The van der Waals surface area contributed by atoms with Gasteiger partial charge in [0.05, 0.1) is 13.7 Å². The van der Waals surface area contributed by atoms with Crippen molar-refractivity contribution < 1.29 is 24.5 Å². The molecule has 5 heteroatoms. The van der Waals surface area contributed by atoms with Gasteiger partial charge in [-0.05, 0) is 81.4 Å². The molecule has 1 radical (unpaired) electrons. The molecule has 1 saturated carbocycles. The molecule has 55 heavy (non-hydrogen) atoms. The average Bonchev–Trinajstić information content (AvgIpc) is 3.84. The fraction of sp³-hybridized carbons (Fsp3) is 0.320. The molecule has 0 saturated heterocycles. The predicted octanol–water partition coefficient (Wildman–Crippen LogP) is 13.3. The Balaban J connectivity index is 0.000000204. The summed E-state index contributed by atoms with van der Waals surface area (Å²) in [5.74, 6) is 0.732. The summed E-state index contributed by atoms with van der Waals surface area (Å²) >= 11 is 0. The minimum absolute atomic E-state index is 0. The maximum Gasteiger partial charge on any atom is 0.121 e. The number of nitrogens with zero attached hydrogens (tertiary/aromatic N) is 2. The number of furan rings is 1. The largest absolute Gasteiger partial charge is 0.501 e. The summed E-state index contributed by atoms with van der Waals surface area (Å²) in [5.41, 5.74) is 11.3. The Labute approximate surface area is 343 Å². The Kier molecular flexibility index (Phi) is 12.2. The van der Waals surface area contributed by atoms with Crippen molar-refractivity contribution in [2.45, 2.75) is 91.8 Å². The van der Waals surface area contributed by atoms with Gasteiger partial charge in [-0.3, -0.25) is 0 Å². The molecule has 7 aromatic rings. The average molecular weight is 919 g/mol. The SMILES string of the molecule is CC(C)(C)Cc1cc(-c2[c-]cccc2)ncc1[Si](C)(C)C.CC(C)(c1ccnc(-c2[c-]ccc3c2oc2cc(-c4ccccc4)ccc23)c1)C1CCCC1.[Ir]. The van der Waals surface area contributed by atoms with Gasteiger partial charge in [0.15, 0.2) is 0 Å². The minimum atomic E-state index is -1.37. The number of aromatic nitrogens is 2. The Morgan fingerprint density at radius 3 is 2.16 bits per heavy atom. The smallest absolute Gasteiger partial charge is 0.121 e. The summed E-state index contributed by atoms with van der Waals surface area (Å²) < 4.78 is 6.45. The molecule has 3 heterocycles. The standard InChI is InChI=1S/C31H28NO.C19H26NSi.Ir/c1-31(2,23-11-6-7-12-23)24-17-18-32-28(20-24)27-14-8-13-26-25-16-15-22(19-29(25)33-30(26)27)21-9-4-3-5-10-21;1-19(2,3)13-16-12-17(15-10-8-7-9-11-15)20-14-18(16)21(4,5)6;/h3-5,8-10,13,15-20,23H,6-7,11-12H2,1-2H3;7-10,12,14H,13H2,1-6H3;/q2*-1;. The Morgan fingerprint density at radius 2 is 1.47 bits per heavy atom.